The van der Waals surface area contributed by atoms with E-state index in [2.05, 4.69) is 19.2 Å². The van der Waals surface area contributed by atoms with Crippen LogP contribution < -0.4 is 5.32 Å². The van der Waals surface area contributed by atoms with Crippen molar-refractivity contribution in [3.8, 4) is 0 Å². The number of amides is 1. The van der Waals surface area contributed by atoms with Gasteiger partial charge in [0.25, 0.3) is 0 Å². The molecule has 1 amide bonds. The number of phosphoric acid groups is 1. The minimum atomic E-state index is -4.31. The molecule has 0 spiro atoms. The summed E-state index contributed by atoms with van der Waals surface area (Å²) in [4.78, 5) is 23.2. The Morgan fingerprint density at radius 2 is 0.738 bits per heavy atom. The van der Waals surface area contributed by atoms with Gasteiger partial charge in [-0.3, -0.25) is 13.8 Å². The lowest BCUT2D eigenvalue weighted by Crippen LogP contribution is -2.46. The number of carbonyl (C=O) groups is 1. The second-order valence-corrected chi connectivity index (χ2v) is 22.8. The van der Waals surface area contributed by atoms with Crippen molar-refractivity contribution in [1.82, 2.24) is 5.32 Å². The molecule has 0 aromatic heterocycles. The lowest BCUT2D eigenvalue weighted by Gasteiger charge is -2.26. The Hall–Kier alpha value is -0.500. The lowest BCUT2D eigenvalue weighted by atomic mass is 10.0. The highest BCUT2D eigenvalue weighted by molar-refractivity contribution is 7.47. The number of hydrogen-bond donors (Lipinski definition) is 3. The SMILES string of the molecule is CCCCCCCCCCCCCCCCCCCCCCCCCCCCCCCCCCCC(O)C(COP(=O)(O)OCC[N+](C)(C)C)NC(=O)CCCCCCCCCCCC. The van der Waals surface area contributed by atoms with Crippen LogP contribution >= 0.6 is 7.82 Å². The fraction of sp³-hybridized carbons (Fsp3) is 0.982. The minimum Gasteiger partial charge on any atom is -0.391 e. The van der Waals surface area contributed by atoms with Crippen LogP contribution in [0.3, 0.4) is 0 Å². The van der Waals surface area contributed by atoms with Gasteiger partial charge in [0, 0.05) is 6.42 Å². The van der Waals surface area contributed by atoms with Gasteiger partial charge < -0.3 is 19.8 Å². The maximum Gasteiger partial charge on any atom is 0.472 e. The number of aliphatic hydroxyl groups is 1. The summed E-state index contributed by atoms with van der Waals surface area (Å²) in [7, 11) is 1.63. The third kappa shape index (κ3) is 51.2. The number of quaternary nitrogens is 1. The molecule has 65 heavy (non-hydrogen) atoms. The number of likely N-dealkylation sites (N-methyl/N-ethyl adjacent to an activating group) is 1. The van der Waals surface area contributed by atoms with Crippen LogP contribution in [0.4, 0.5) is 0 Å². The average Bonchev–Trinajstić information content (AvgIpc) is 3.26. The molecule has 0 radical (unpaired) electrons. The molecule has 3 unspecified atom stereocenters. The molecule has 0 rings (SSSR count). The maximum absolute atomic E-state index is 12.9. The first-order valence-corrected chi connectivity index (χ1v) is 30.4. The van der Waals surface area contributed by atoms with E-state index in [9.17, 15) is 19.4 Å². The van der Waals surface area contributed by atoms with E-state index in [4.69, 9.17) is 9.05 Å². The third-order valence-electron chi connectivity index (χ3n) is 13.6. The molecule has 0 saturated heterocycles. The van der Waals surface area contributed by atoms with Crippen molar-refractivity contribution >= 4 is 13.7 Å². The van der Waals surface area contributed by atoms with Crippen LogP contribution in [0.2, 0.25) is 0 Å². The van der Waals surface area contributed by atoms with Crippen LogP contribution in [0, 0.1) is 0 Å². The summed E-state index contributed by atoms with van der Waals surface area (Å²) in [6, 6.07) is -0.753. The Balaban J connectivity index is 3.89. The van der Waals surface area contributed by atoms with Crippen molar-refractivity contribution in [2.45, 2.75) is 315 Å². The number of nitrogens with zero attached hydrogens (tertiary/aromatic N) is 1. The fourth-order valence-corrected chi connectivity index (χ4v) is 9.79. The largest absolute Gasteiger partial charge is 0.472 e. The van der Waals surface area contributed by atoms with Gasteiger partial charge in [-0.15, -0.1) is 0 Å². The van der Waals surface area contributed by atoms with Gasteiger partial charge in [-0.25, -0.2) is 4.57 Å². The zero-order valence-electron chi connectivity index (χ0n) is 44.5. The molecule has 0 aliphatic rings. The van der Waals surface area contributed by atoms with Gasteiger partial charge in [0.15, 0.2) is 0 Å². The highest BCUT2D eigenvalue weighted by Gasteiger charge is 2.28. The van der Waals surface area contributed by atoms with Crippen LogP contribution in [0.15, 0.2) is 0 Å². The van der Waals surface area contributed by atoms with Gasteiger partial charge in [0.2, 0.25) is 5.91 Å². The Kier molecular flexibility index (Phi) is 48.1. The van der Waals surface area contributed by atoms with Crippen molar-refractivity contribution < 1.29 is 32.9 Å². The predicted molar refractivity (Wildman–Crippen MR) is 282 cm³/mol. The van der Waals surface area contributed by atoms with Crippen molar-refractivity contribution in [2.75, 3.05) is 40.9 Å². The summed E-state index contributed by atoms with van der Waals surface area (Å²) < 4.78 is 23.7. The molecule has 0 aliphatic heterocycles. The molecule has 3 N–H and O–H groups in total. The normalized spacial score (nSPS) is 13.9. The van der Waals surface area contributed by atoms with E-state index in [1.54, 1.807) is 0 Å². The molecular formula is C56H116N2O6P+. The van der Waals surface area contributed by atoms with Gasteiger partial charge in [0.05, 0.1) is 39.9 Å². The molecule has 390 valence electrons. The predicted octanol–water partition coefficient (Wildman–Crippen LogP) is 17.3. The Bertz CT molecular complexity index is 1030. The average molecular weight is 945 g/mol. The molecule has 9 heteroatoms. The number of carbonyl (C=O) groups excluding carboxylic acids is 1. The molecule has 0 aromatic carbocycles. The van der Waals surface area contributed by atoms with E-state index >= 15 is 0 Å². The van der Waals surface area contributed by atoms with E-state index < -0.39 is 20.0 Å². The van der Waals surface area contributed by atoms with E-state index in [1.807, 2.05) is 21.1 Å². The Labute approximate surface area is 406 Å². The number of phosphoric ester groups is 1. The number of rotatable bonds is 54. The number of hydrogen-bond acceptors (Lipinski definition) is 5. The van der Waals surface area contributed by atoms with Crippen LogP contribution in [0.25, 0.3) is 0 Å². The Morgan fingerprint density at radius 3 is 1.03 bits per heavy atom. The molecule has 0 heterocycles. The van der Waals surface area contributed by atoms with Gasteiger partial charge in [-0.1, -0.05) is 284 Å². The summed E-state index contributed by atoms with van der Waals surface area (Å²) in [5.74, 6) is -0.142. The van der Waals surface area contributed by atoms with E-state index in [1.165, 1.54) is 238 Å². The minimum absolute atomic E-state index is 0.0787. The smallest absolute Gasteiger partial charge is 0.391 e. The third-order valence-corrected chi connectivity index (χ3v) is 14.6. The zero-order valence-corrected chi connectivity index (χ0v) is 45.4. The summed E-state index contributed by atoms with van der Waals surface area (Å²) in [5, 5.41) is 14.0. The molecule has 0 fully saturated rings. The highest BCUT2D eigenvalue weighted by Crippen LogP contribution is 2.43. The van der Waals surface area contributed by atoms with Gasteiger partial charge in [-0.2, -0.15) is 0 Å². The zero-order chi connectivity index (χ0) is 47.8. The van der Waals surface area contributed by atoms with E-state index in [-0.39, 0.29) is 19.1 Å². The van der Waals surface area contributed by atoms with Crippen molar-refractivity contribution in [1.29, 1.82) is 0 Å². The van der Waals surface area contributed by atoms with Crippen molar-refractivity contribution in [3.05, 3.63) is 0 Å². The van der Waals surface area contributed by atoms with Crippen molar-refractivity contribution in [2.24, 2.45) is 0 Å². The summed E-state index contributed by atoms with van der Waals surface area (Å²) >= 11 is 0. The standard InChI is InChI=1S/C56H115N2O6P/c1-6-8-10-12-14-16-18-19-20-21-22-23-24-25-26-27-28-29-30-31-32-33-34-35-36-37-38-39-40-41-43-45-47-49-55(59)54(53-64-65(61,62)63-52-51-58(3,4)5)57-56(60)50-48-46-44-42-17-15-13-11-9-7-2/h54-55,59H,6-53H2,1-5H3,(H-,57,60,61,62)/p+1. The second-order valence-electron chi connectivity index (χ2n) is 21.4. The summed E-state index contributed by atoms with van der Waals surface area (Å²) in [6.45, 7) is 4.91. The second kappa shape index (κ2) is 48.5. The van der Waals surface area contributed by atoms with Gasteiger partial charge in [0.1, 0.15) is 13.2 Å². The summed E-state index contributed by atoms with van der Waals surface area (Å²) in [5.41, 5.74) is 0. The highest BCUT2D eigenvalue weighted by atomic mass is 31.2. The van der Waals surface area contributed by atoms with Crippen LogP contribution in [-0.4, -0.2) is 73.4 Å². The van der Waals surface area contributed by atoms with E-state index in [0.717, 1.165) is 38.5 Å². The quantitative estimate of drug-likeness (QED) is 0.0319. The summed E-state index contributed by atoms with van der Waals surface area (Å²) in [6.07, 6.45) is 57.6. The molecular weight excluding hydrogens is 828 g/mol. The molecule has 8 nitrogen and oxygen atoms in total. The topological polar surface area (TPSA) is 105 Å². The van der Waals surface area contributed by atoms with E-state index in [0.29, 0.717) is 23.9 Å². The number of aliphatic hydroxyl groups excluding tert-OH is 1. The molecule has 0 bridgehead atoms. The Morgan fingerprint density at radius 1 is 0.462 bits per heavy atom. The maximum atomic E-state index is 12.9. The molecule has 0 aromatic rings. The first-order valence-electron chi connectivity index (χ1n) is 28.9. The van der Waals surface area contributed by atoms with Crippen LogP contribution in [0.5, 0.6) is 0 Å². The monoisotopic (exact) mass is 944 g/mol. The first kappa shape index (κ1) is 64.5. The molecule has 3 atom stereocenters. The van der Waals surface area contributed by atoms with Crippen LogP contribution in [0.1, 0.15) is 303 Å². The first-order chi connectivity index (χ1) is 31.5. The van der Waals surface area contributed by atoms with Crippen molar-refractivity contribution in [3.63, 3.8) is 0 Å². The fourth-order valence-electron chi connectivity index (χ4n) is 9.05. The molecule has 0 aliphatic carbocycles. The van der Waals surface area contributed by atoms with Gasteiger partial charge >= 0.3 is 7.82 Å². The van der Waals surface area contributed by atoms with Gasteiger partial charge in [-0.05, 0) is 12.8 Å². The number of unbranched alkanes of at least 4 members (excludes halogenated alkanes) is 41. The molecule has 0 saturated carbocycles. The lowest BCUT2D eigenvalue weighted by molar-refractivity contribution is -0.870. The number of nitrogens with one attached hydrogen (secondary N) is 1. The van der Waals surface area contributed by atoms with Crippen LogP contribution in [-0.2, 0) is 18.4 Å².